The molecule has 0 radical (unpaired) electrons. The maximum absolute atomic E-state index is 11.8. The van der Waals surface area contributed by atoms with Gasteiger partial charge in [-0.3, -0.25) is 4.79 Å². The van der Waals surface area contributed by atoms with Gasteiger partial charge in [0.1, 0.15) is 5.76 Å². The van der Waals surface area contributed by atoms with Gasteiger partial charge in [-0.15, -0.1) is 0 Å². The molecule has 0 bridgehead atoms. The molecular weight excluding hydrogens is 232 g/mol. The number of aliphatic hydroxyl groups is 1. The van der Waals surface area contributed by atoms with Gasteiger partial charge in [-0.25, -0.2) is 0 Å². The molecule has 5 heteroatoms. The Morgan fingerprint density at radius 3 is 2.61 bits per heavy atom. The summed E-state index contributed by atoms with van der Waals surface area (Å²) in [7, 11) is 0. The minimum absolute atomic E-state index is 0.0200. The molecule has 0 aliphatic heterocycles. The minimum atomic E-state index is -0.370. The van der Waals surface area contributed by atoms with Gasteiger partial charge >= 0.3 is 0 Å². The predicted molar refractivity (Wildman–Crippen MR) is 68.2 cm³/mol. The van der Waals surface area contributed by atoms with E-state index in [4.69, 9.17) is 9.63 Å². The van der Waals surface area contributed by atoms with E-state index in [9.17, 15) is 4.79 Å². The van der Waals surface area contributed by atoms with Crippen LogP contribution in [0.25, 0.3) is 0 Å². The molecule has 2 N–H and O–H groups in total. The lowest BCUT2D eigenvalue weighted by atomic mass is 10.0. The Bertz CT molecular complexity index is 391. The number of hydrogen-bond acceptors (Lipinski definition) is 4. The third-order valence-corrected chi connectivity index (χ3v) is 3.00. The summed E-state index contributed by atoms with van der Waals surface area (Å²) in [6, 6.07) is 0. The van der Waals surface area contributed by atoms with E-state index < -0.39 is 0 Å². The summed E-state index contributed by atoms with van der Waals surface area (Å²) < 4.78 is 5.05. The minimum Gasteiger partial charge on any atom is -0.396 e. The van der Waals surface area contributed by atoms with Gasteiger partial charge in [-0.2, -0.15) is 0 Å². The van der Waals surface area contributed by atoms with Crippen molar-refractivity contribution in [2.75, 3.05) is 6.61 Å². The fourth-order valence-electron chi connectivity index (χ4n) is 1.88. The fourth-order valence-corrected chi connectivity index (χ4v) is 1.88. The molecule has 1 aromatic rings. The molecule has 0 aromatic carbocycles. The third kappa shape index (κ3) is 4.14. The lowest BCUT2D eigenvalue weighted by molar-refractivity contribution is -0.122. The number of carbonyl (C=O) groups excluding carboxylic acids is 1. The molecular formula is C13H22N2O3. The van der Waals surface area contributed by atoms with Crippen LogP contribution in [-0.4, -0.2) is 28.3 Å². The van der Waals surface area contributed by atoms with E-state index in [-0.39, 0.29) is 18.1 Å². The average Bonchev–Trinajstić information content (AvgIpc) is 2.55. The Kier molecular flexibility index (Phi) is 4.90. The first-order valence-electron chi connectivity index (χ1n) is 6.19. The Morgan fingerprint density at radius 1 is 1.44 bits per heavy atom. The van der Waals surface area contributed by atoms with Crippen LogP contribution in [0.15, 0.2) is 4.52 Å². The van der Waals surface area contributed by atoms with Crippen molar-refractivity contribution >= 4 is 5.91 Å². The second kappa shape index (κ2) is 6.00. The highest BCUT2D eigenvalue weighted by atomic mass is 16.5. The molecule has 102 valence electrons. The van der Waals surface area contributed by atoms with Crippen LogP contribution in [0.4, 0.5) is 0 Å². The zero-order valence-electron chi connectivity index (χ0n) is 11.5. The Labute approximate surface area is 108 Å². The molecule has 0 unspecified atom stereocenters. The Balaban J connectivity index is 2.47. The quantitative estimate of drug-likeness (QED) is 0.806. The first-order chi connectivity index (χ1) is 8.35. The van der Waals surface area contributed by atoms with Gasteiger partial charge in [0.2, 0.25) is 5.91 Å². The highest BCUT2D eigenvalue weighted by Crippen LogP contribution is 2.15. The molecule has 0 fully saturated rings. The molecule has 1 aromatic heterocycles. The van der Waals surface area contributed by atoms with Crippen molar-refractivity contribution in [2.24, 2.45) is 0 Å². The van der Waals surface area contributed by atoms with Crippen LogP contribution in [0.1, 0.15) is 43.7 Å². The molecule has 0 saturated heterocycles. The summed E-state index contributed by atoms with van der Waals surface area (Å²) in [6.45, 7) is 7.59. The summed E-state index contributed by atoms with van der Waals surface area (Å²) in [6.07, 6.45) is 1.57. The van der Waals surface area contributed by atoms with Crippen LogP contribution in [0.2, 0.25) is 0 Å². The summed E-state index contributed by atoms with van der Waals surface area (Å²) in [5.41, 5.74) is 1.48. The van der Waals surface area contributed by atoms with Crippen molar-refractivity contribution in [1.82, 2.24) is 10.5 Å². The van der Waals surface area contributed by atoms with Crippen LogP contribution < -0.4 is 5.32 Å². The van der Waals surface area contributed by atoms with Crippen LogP contribution in [0, 0.1) is 13.8 Å². The van der Waals surface area contributed by atoms with E-state index in [1.165, 1.54) is 0 Å². The van der Waals surface area contributed by atoms with E-state index >= 15 is 0 Å². The molecule has 18 heavy (non-hydrogen) atoms. The van der Waals surface area contributed by atoms with Crippen molar-refractivity contribution in [3.8, 4) is 0 Å². The summed E-state index contributed by atoms with van der Waals surface area (Å²) in [4.78, 5) is 11.8. The van der Waals surface area contributed by atoms with Crippen LogP contribution in [-0.2, 0) is 11.2 Å². The molecule has 0 spiro atoms. The van der Waals surface area contributed by atoms with Gasteiger partial charge in [-0.1, -0.05) is 5.16 Å². The zero-order valence-corrected chi connectivity index (χ0v) is 11.5. The second-order valence-corrected chi connectivity index (χ2v) is 5.21. The number of aryl methyl sites for hydroxylation is 2. The van der Waals surface area contributed by atoms with E-state index in [1.54, 1.807) is 0 Å². The fraction of sp³-hybridized carbons (Fsp3) is 0.692. The van der Waals surface area contributed by atoms with Crippen molar-refractivity contribution in [3.63, 3.8) is 0 Å². The van der Waals surface area contributed by atoms with Crippen molar-refractivity contribution in [3.05, 3.63) is 17.0 Å². The monoisotopic (exact) mass is 254 g/mol. The SMILES string of the molecule is Cc1noc(C)c1CCC(=O)NC(C)(C)CCO. The molecule has 1 amide bonds. The zero-order chi connectivity index (χ0) is 13.8. The van der Waals surface area contributed by atoms with Crippen molar-refractivity contribution < 1.29 is 14.4 Å². The number of amides is 1. The van der Waals surface area contributed by atoms with Gasteiger partial charge in [-0.05, 0) is 40.5 Å². The average molecular weight is 254 g/mol. The van der Waals surface area contributed by atoms with Crippen LogP contribution in [0.5, 0.6) is 0 Å². The number of rotatable bonds is 6. The molecule has 1 heterocycles. The number of nitrogens with one attached hydrogen (secondary N) is 1. The molecule has 0 atom stereocenters. The molecule has 0 aliphatic rings. The van der Waals surface area contributed by atoms with Gasteiger partial charge in [0.15, 0.2) is 0 Å². The van der Waals surface area contributed by atoms with Gasteiger partial charge in [0.25, 0.3) is 0 Å². The Morgan fingerprint density at radius 2 is 2.11 bits per heavy atom. The number of aliphatic hydroxyl groups excluding tert-OH is 1. The van der Waals surface area contributed by atoms with Gasteiger partial charge < -0.3 is 14.9 Å². The van der Waals surface area contributed by atoms with E-state index in [1.807, 2.05) is 27.7 Å². The number of nitrogens with zero attached hydrogens (tertiary/aromatic N) is 1. The highest BCUT2D eigenvalue weighted by Gasteiger charge is 2.20. The van der Waals surface area contributed by atoms with E-state index in [0.717, 1.165) is 17.0 Å². The predicted octanol–water partition coefficient (Wildman–Crippen LogP) is 1.50. The van der Waals surface area contributed by atoms with Crippen LogP contribution in [0.3, 0.4) is 0 Å². The van der Waals surface area contributed by atoms with Crippen molar-refractivity contribution in [1.29, 1.82) is 0 Å². The topological polar surface area (TPSA) is 75.4 Å². The first-order valence-corrected chi connectivity index (χ1v) is 6.19. The summed E-state index contributed by atoms with van der Waals surface area (Å²) >= 11 is 0. The van der Waals surface area contributed by atoms with Gasteiger partial charge in [0, 0.05) is 24.1 Å². The molecule has 0 saturated carbocycles. The number of aromatic nitrogens is 1. The molecule has 0 aliphatic carbocycles. The van der Waals surface area contributed by atoms with Crippen LogP contribution >= 0.6 is 0 Å². The molecule has 1 rings (SSSR count). The lowest BCUT2D eigenvalue weighted by Gasteiger charge is -2.25. The van der Waals surface area contributed by atoms with Gasteiger partial charge in [0.05, 0.1) is 5.69 Å². The normalized spacial score (nSPS) is 11.6. The lowest BCUT2D eigenvalue weighted by Crippen LogP contribution is -2.44. The molecule has 5 nitrogen and oxygen atoms in total. The van der Waals surface area contributed by atoms with Crippen molar-refractivity contribution in [2.45, 2.75) is 52.5 Å². The second-order valence-electron chi connectivity index (χ2n) is 5.21. The number of carbonyl (C=O) groups is 1. The number of hydrogen-bond donors (Lipinski definition) is 2. The smallest absolute Gasteiger partial charge is 0.220 e. The largest absolute Gasteiger partial charge is 0.396 e. The third-order valence-electron chi connectivity index (χ3n) is 3.00. The Hall–Kier alpha value is -1.36. The highest BCUT2D eigenvalue weighted by molar-refractivity contribution is 5.77. The van der Waals surface area contributed by atoms with E-state index in [2.05, 4.69) is 10.5 Å². The first kappa shape index (κ1) is 14.7. The summed E-state index contributed by atoms with van der Waals surface area (Å²) in [5, 5.41) is 15.7. The van der Waals surface area contributed by atoms with E-state index in [0.29, 0.717) is 19.3 Å². The maximum atomic E-state index is 11.8. The maximum Gasteiger partial charge on any atom is 0.220 e. The standard InChI is InChI=1S/C13H22N2O3/c1-9-11(10(2)18-15-9)5-6-12(17)14-13(3,4)7-8-16/h16H,5-8H2,1-4H3,(H,14,17). The summed E-state index contributed by atoms with van der Waals surface area (Å²) in [5.74, 6) is 0.753.